The van der Waals surface area contributed by atoms with Gasteiger partial charge in [-0.1, -0.05) is 40.4 Å². The number of carbonyl (C=O) groups is 3. The standard InChI is InChI=1S/C28H46N2O7Si2/c1-28(2,3)39(8,9)37-12-10-11-36-25-17-22-21(16-24(25)34-4)26(32)29-18-20(31)15-23(29)27(33)30(22)19-35-13-14-38(5,6)7/h16-17,23H,10-15,18-19H2,1-9H3/t23-/m0/s1. The van der Waals surface area contributed by atoms with Crippen LogP contribution in [-0.4, -0.2) is 85.1 Å². The summed E-state index contributed by atoms with van der Waals surface area (Å²) in [4.78, 5) is 42.2. The first-order chi connectivity index (χ1) is 18.1. The summed E-state index contributed by atoms with van der Waals surface area (Å²) in [5, 5.41) is 0.132. The zero-order valence-corrected chi connectivity index (χ0v) is 27.1. The molecular weight excluding hydrogens is 532 g/mol. The maximum Gasteiger partial charge on any atom is 0.257 e. The number of rotatable bonds is 12. The Kier molecular flexibility index (Phi) is 9.73. The molecule has 39 heavy (non-hydrogen) atoms. The Bertz CT molecular complexity index is 1080. The second kappa shape index (κ2) is 12.1. The quantitative estimate of drug-likeness (QED) is 0.256. The highest BCUT2D eigenvalue weighted by atomic mass is 28.4. The lowest BCUT2D eigenvalue weighted by atomic mass is 10.1. The molecular formula is C28H46N2O7Si2. The van der Waals surface area contributed by atoms with E-state index >= 15 is 0 Å². The Balaban J connectivity index is 1.83. The molecule has 1 aromatic carbocycles. The molecule has 0 aliphatic carbocycles. The predicted molar refractivity (Wildman–Crippen MR) is 157 cm³/mol. The number of ether oxygens (including phenoxy) is 3. The molecule has 0 bridgehead atoms. The summed E-state index contributed by atoms with van der Waals surface area (Å²) in [6.07, 6.45) is 0.699. The number of carbonyl (C=O) groups excluding carboxylic acids is 3. The van der Waals surface area contributed by atoms with Crippen molar-refractivity contribution in [2.24, 2.45) is 0 Å². The molecule has 1 saturated heterocycles. The van der Waals surface area contributed by atoms with Gasteiger partial charge in [-0.25, -0.2) is 0 Å². The monoisotopic (exact) mass is 578 g/mol. The fraction of sp³-hybridized carbons (Fsp3) is 0.679. The number of amides is 2. The summed E-state index contributed by atoms with van der Waals surface area (Å²) in [7, 11) is -1.66. The van der Waals surface area contributed by atoms with Gasteiger partial charge in [0.15, 0.2) is 25.6 Å². The van der Waals surface area contributed by atoms with Gasteiger partial charge in [0.1, 0.15) is 12.8 Å². The zero-order valence-electron chi connectivity index (χ0n) is 25.1. The third-order valence-corrected chi connectivity index (χ3v) is 14.0. The van der Waals surface area contributed by atoms with Crippen LogP contribution in [0.2, 0.25) is 43.8 Å². The van der Waals surface area contributed by atoms with Crippen molar-refractivity contribution in [3.05, 3.63) is 17.7 Å². The lowest BCUT2D eigenvalue weighted by Crippen LogP contribution is -2.45. The Labute approximate surface area is 235 Å². The number of hydrogen-bond donors (Lipinski definition) is 0. The molecule has 0 unspecified atom stereocenters. The van der Waals surface area contributed by atoms with Gasteiger partial charge in [-0.3, -0.25) is 19.3 Å². The fourth-order valence-electron chi connectivity index (χ4n) is 4.25. The highest BCUT2D eigenvalue weighted by Crippen LogP contribution is 2.40. The fourth-order valence-corrected chi connectivity index (χ4v) is 6.09. The van der Waals surface area contributed by atoms with Crippen LogP contribution in [0.15, 0.2) is 12.1 Å². The Morgan fingerprint density at radius 2 is 1.67 bits per heavy atom. The molecule has 0 aromatic heterocycles. The number of fused-ring (bicyclic) bond motifs is 2. The molecule has 0 saturated carbocycles. The first-order valence-electron chi connectivity index (χ1n) is 13.8. The molecule has 2 aliphatic rings. The topological polar surface area (TPSA) is 94.6 Å². The van der Waals surface area contributed by atoms with Gasteiger partial charge in [0, 0.05) is 40.2 Å². The average Bonchev–Trinajstić information content (AvgIpc) is 3.20. The largest absolute Gasteiger partial charge is 0.493 e. The van der Waals surface area contributed by atoms with Gasteiger partial charge in [-0.15, -0.1) is 0 Å². The third kappa shape index (κ3) is 7.50. The molecule has 2 amide bonds. The Morgan fingerprint density at radius 3 is 2.28 bits per heavy atom. The first-order valence-corrected chi connectivity index (χ1v) is 20.4. The second-order valence-corrected chi connectivity index (χ2v) is 23.6. The highest BCUT2D eigenvalue weighted by molar-refractivity contribution is 6.76. The van der Waals surface area contributed by atoms with Crippen LogP contribution in [-0.2, 0) is 18.8 Å². The molecule has 2 heterocycles. The molecule has 1 aromatic rings. The van der Waals surface area contributed by atoms with Crippen molar-refractivity contribution in [1.82, 2.24) is 4.90 Å². The smallest absolute Gasteiger partial charge is 0.257 e. The van der Waals surface area contributed by atoms with Crippen LogP contribution in [0.1, 0.15) is 44.0 Å². The van der Waals surface area contributed by atoms with E-state index in [1.165, 1.54) is 16.9 Å². The minimum atomic E-state index is -1.85. The highest BCUT2D eigenvalue weighted by Gasteiger charge is 2.45. The van der Waals surface area contributed by atoms with Crippen LogP contribution in [0.3, 0.4) is 0 Å². The van der Waals surface area contributed by atoms with E-state index in [1.54, 1.807) is 12.1 Å². The van der Waals surface area contributed by atoms with Crippen LogP contribution in [0.25, 0.3) is 0 Å². The summed E-state index contributed by atoms with van der Waals surface area (Å²) >= 11 is 0. The molecule has 0 spiro atoms. The van der Waals surface area contributed by atoms with E-state index < -0.39 is 22.4 Å². The van der Waals surface area contributed by atoms with Crippen molar-refractivity contribution in [2.75, 3.05) is 45.1 Å². The number of benzene rings is 1. The summed E-state index contributed by atoms with van der Waals surface area (Å²) < 4.78 is 23.9. The summed E-state index contributed by atoms with van der Waals surface area (Å²) in [5.41, 5.74) is 0.702. The number of methoxy groups -OCH3 is 1. The zero-order chi connectivity index (χ0) is 29.2. The number of ketones is 1. The van der Waals surface area contributed by atoms with E-state index in [0.29, 0.717) is 49.0 Å². The van der Waals surface area contributed by atoms with Crippen molar-refractivity contribution in [3.8, 4) is 11.5 Å². The van der Waals surface area contributed by atoms with Crippen molar-refractivity contribution in [3.63, 3.8) is 0 Å². The maximum atomic E-state index is 13.6. The van der Waals surface area contributed by atoms with Crippen LogP contribution in [0.4, 0.5) is 5.69 Å². The minimum Gasteiger partial charge on any atom is -0.493 e. The van der Waals surface area contributed by atoms with Crippen LogP contribution in [0.5, 0.6) is 11.5 Å². The lowest BCUT2D eigenvalue weighted by Gasteiger charge is -2.36. The van der Waals surface area contributed by atoms with Crippen molar-refractivity contribution < 1.29 is 33.0 Å². The molecule has 2 aliphatic heterocycles. The summed E-state index contributed by atoms with van der Waals surface area (Å²) in [6.45, 7) is 19.3. The van der Waals surface area contributed by atoms with Crippen molar-refractivity contribution in [2.45, 2.75) is 83.5 Å². The number of anilines is 1. The van der Waals surface area contributed by atoms with Gasteiger partial charge in [0.25, 0.3) is 11.8 Å². The molecule has 1 atom stereocenters. The number of Topliss-reactive ketones (excluding diaryl/α,β-unsaturated/α-hetero) is 1. The summed E-state index contributed by atoms with van der Waals surface area (Å²) in [5.74, 6) is 0.0145. The minimum absolute atomic E-state index is 0.00571. The third-order valence-electron chi connectivity index (χ3n) is 7.79. The van der Waals surface area contributed by atoms with Crippen LogP contribution in [0, 0.1) is 0 Å². The molecule has 3 rings (SSSR count). The first kappa shape index (κ1) is 31.3. The maximum absolute atomic E-state index is 13.6. The number of hydrogen-bond acceptors (Lipinski definition) is 7. The molecule has 9 nitrogen and oxygen atoms in total. The molecule has 218 valence electrons. The second-order valence-electron chi connectivity index (χ2n) is 13.1. The van der Waals surface area contributed by atoms with Gasteiger partial charge in [0.05, 0.1) is 31.5 Å². The molecule has 0 N–H and O–H groups in total. The molecule has 0 radical (unpaired) electrons. The van der Waals surface area contributed by atoms with E-state index in [-0.39, 0.29) is 42.3 Å². The SMILES string of the molecule is COc1cc2c(cc1OCCCO[Si](C)(C)C(C)(C)C)N(COCC[Si](C)(C)C)C(=O)[C@@H]1CC(=O)CN1C2=O. The Hall–Kier alpha value is -2.22. The van der Waals surface area contributed by atoms with Gasteiger partial charge in [-0.2, -0.15) is 0 Å². The predicted octanol–water partition coefficient (Wildman–Crippen LogP) is 4.93. The van der Waals surface area contributed by atoms with E-state index in [1.807, 2.05) is 0 Å². The normalized spacial score (nSPS) is 18.3. The molecule has 1 fully saturated rings. The average molecular weight is 579 g/mol. The van der Waals surface area contributed by atoms with E-state index in [0.717, 1.165) is 6.04 Å². The number of nitrogens with zero attached hydrogens (tertiary/aromatic N) is 2. The van der Waals surface area contributed by atoms with E-state index in [9.17, 15) is 14.4 Å². The van der Waals surface area contributed by atoms with Crippen LogP contribution < -0.4 is 14.4 Å². The van der Waals surface area contributed by atoms with E-state index in [2.05, 4.69) is 53.5 Å². The van der Waals surface area contributed by atoms with Crippen molar-refractivity contribution in [1.29, 1.82) is 0 Å². The summed E-state index contributed by atoms with van der Waals surface area (Å²) in [6, 6.07) is 3.40. The van der Waals surface area contributed by atoms with Gasteiger partial charge >= 0.3 is 0 Å². The van der Waals surface area contributed by atoms with Gasteiger partial charge in [-0.05, 0) is 30.2 Å². The molecule has 11 heteroatoms. The van der Waals surface area contributed by atoms with Gasteiger partial charge in [0.2, 0.25) is 0 Å². The van der Waals surface area contributed by atoms with Crippen LogP contribution >= 0.6 is 0 Å². The van der Waals surface area contributed by atoms with Gasteiger partial charge < -0.3 is 23.5 Å². The van der Waals surface area contributed by atoms with Crippen molar-refractivity contribution >= 4 is 39.7 Å². The Morgan fingerprint density at radius 1 is 0.974 bits per heavy atom. The van der Waals surface area contributed by atoms with E-state index in [4.69, 9.17) is 18.6 Å². The lowest BCUT2D eigenvalue weighted by molar-refractivity contribution is -0.124.